The van der Waals surface area contributed by atoms with Gasteiger partial charge in [-0.05, 0) is 71.5 Å². The van der Waals surface area contributed by atoms with Gasteiger partial charge in [0, 0.05) is 5.02 Å². The van der Waals surface area contributed by atoms with Crippen LogP contribution in [0.4, 0.5) is 5.69 Å². The molecule has 2 bridgehead atoms. The van der Waals surface area contributed by atoms with Crippen molar-refractivity contribution >= 4 is 46.0 Å². The molecule has 4 atom stereocenters. The fraction of sp³-hybridized carbons (Fsp3) is 0.146. The van der Waals surface area contributed by atoms with Gasteiger partial charge in [-0.15, -0.1) is 0 Å². The van der Waals surface area contributed by atoms with Crippen LogP contribution in [0.25, 0.3) is 11.1 Å². The summed E-state index contributed by atoms with van der Waals surface area (Å²) in [6.07, 6.45) is 0. The van der Waals surface area contributed by atoms with E-state index in [-0.39, 0.29) is 17.6 Å². The highest BCUT2D eigenvalue weighted by Crippen LogP contribution is 2.74. The van der Waals surface area contributed by atoms with Crippen molar-refractivity contribution in [1.82, 2.24) is 0 Å². The van der Waals surface area contributed by atoms with Gasteiger partial charge in [0.2, 0.25) is 11.8 Å². The second-order valence-electron chi connectivity index (χ2n) is 12.6. The first-order chi connectivity index (χ1) is 22.3. The van der Waals surface area contributed by atoms with E-state index in [2.05, 4.69) is 0 Å². The Morgan fingerprint density at radius 1 is 0.522 bits per heavy atom. The van der Waals surface area contributed by atoms with E-state index in [0.29, 0.717) is 21.8 Å². The molecule has 4 nitrogen and oxygen atoms in total. The van der Waals surface area contributed by atoms with Crippen LogP contribution in [-0.4, -0.2) is 17.6 Å². The molecular formula is C41H30ClNO3. The van der Waals surface area contributed by atoms with Crippen LogP contribution in [0.3, 0.4) is 0 Å². The molecule has 2 fully saturated rings. The second-order valence-corrected chi connectivity index (χ2v) is 13.0. The zero-order valence-electron chi connectivity index (χ0n) is 25.4. The molecule has 0 aromatic heterocycles. The molecule has 2 aliphatic carbocycles. The van der Waals surface area contributed by atoms with E-state index < -0.39 is 22.7 Å². The zero-order valence-corrected chi connectivity index (χ0v) is 26.2. The summed E-state index contributed by atoms with van der Waals surface area (Å²) in [6, 6.07) is 42.3. The molecule has 3 aliphatic rings. The number of hydrogen-bond acceptors (Lipinski definition) is 3. The Bertz CT molecular complexity index is 1940. The summed E-state index contributed by atoms with van der Waals surface area (Å²) in [4.78, 5) is 47.2. The van der Waals surface area contributed by atoms with E-state index >= 15 is 4.79 Å². The first-order valence-corrected chi connectivity index (χ1v) is 15.9. The standard InChI is InChI=1S/C41H30ClNO3/c1-25-13-17-27(18-14-25)33-34(28-19-15-26(2)16-20-28)41(30-11-7-4-8-12-30)36-35(40(33,39(41)46)29-9-5-3-6-10-29)37(44)43(38(36)45)32-23-21-31(42)22-24-32/h3-24,35-36H,1-2H3/t35-,36+,40-,41-/m1/s1. The minimum absolute atomic E-state index is 0.129. The Hall–Kier alpha value is -5.06. The summed E-state index contributed by atoms with van der Waals surface area (Å²) in [5.74, 6) is -2.80. The molecule has 1 heterocycles. The lowest BCUT2D eigenvalue weighted by Gasteiger charge is -2.39. The fourth-order valence-electron chi connectivity index (χ4n) is 8.41. The molecule has 224 valence electrons. The predicted octanol–water partition coefficient (Wildman–Crippen LogP) is 8.15. The van der Waals surface area contributed by atoms with Crippen molar-refractivity contribution in [3.05, 3.63) is 172 Å². The van der Waals surface area contributed by atoms with Gasteiger partial charge in [0.25, 0.3) is 0 Å². The summed E-state index contributed by atoms with van der Waals surface area (Å²) in [5, 5.41) is 0.504. The Kier molecular flexibility index (Phi) is 6.32. The molecule has 0 radical (unpaired) electrons. The Morgan fingerprint density at radius 2 is 0.913 bits per heavy atom. The number of aryl methyl sites for hydroxylation is 2. The number of anilines is 1. The molecule has 0 N–H and O–H groups in total. The maximum Gasteiger partial charge on any atom is 0.239 e. The maximum atomic E-state index is 15.9. The summed E-state index contributed by atoms with van der Waals surface area (Å²) in [6.45, 7) is 4.06. The van der Waals surface area contributed by atoms with Gasteiger partial charge in [0.15, 0.2) is 5.78 Å². The smallest absolute Gasteiger partial charge is 0.239 e. The monoisotopic (exact) mass is 619 g/mol. The van der Waals surface area contributed by atoms with Gasteiger partial charge in [-0.3, -0.25) is 14.4 Å². The lowest BCUT2D eigenvalue weighted by molar-refractivity contribution is -0.130. The molecule has 1 aliphatic heterocycles. The van der Waals surface area contributed by atoms with Gasteiger partial charge in [-0.2, -0.15) is 0 Å². The van der Waals surface area contributed by atoms with Gasteiger partial charge in [0.05, 0.1) is 28.4 Å². The highest BCUT2D eigenvalue weighted by atomic mass is 35.5. The minimum atomic E-state index is -1.43. The fourth-order valence-corrected chi connectivity index (χ4v) is 8.54. The van der Waals surface area contributed by atoms with E-state index in [1.807, 2.05) is 123 Å². The predicted molar refractivity (Wildman–Crippen MR) is 181 cm³/mol. The third-order valence-corrected chi connectivity index (χ3v) is 10.5. The lowest BCUT2D eigenvalue weighted by Crippen LogP contribution is -2.45. The van der Waals surface area contributed by atoms with E-state index in [1.165, 1.54) is 4.90 Å². The number of carbonyl (C=O) groups is 3. The number of rotatable bonds is 5. The number of ketones is 1. The van der Waals surface area contributed by atoms with Crippen LogP contribution in [0.1, 0.15) is 33.4 Å². The van der Waals surface area contributed by atoms with E-state index in [1.54, 1.807) is 24.3 Å². The summed E-state index contributed by atoms with van der Waals surface area (Å²) >= 11 is 6.22. The van der Waals surface area contributed by atoms with Crippen LogP contribution >= 0.6 is 11.6 Å². The molecule has 5 aromatic carbocycles. The lowest BCUT2D eigenvalue weighted by atomic mass is 9.59. The SMILES string of the molecule is Cc1ccc(C2=C(c3ccc(C)cc3)[C@@]3(c4ccccc4)C(=O)[C@@]2(c2ccccc2)[C@@H]2C(=O)N(c4ccc(Cl)cc4)C(=O)[C@@H]23)cc1. The number of benzene rings is 5. The Labute approximate surface area is 273 Å². The highest BCUT2D eigenvalue weighted by Gasteiger charge is 2.82. The number of amides is 2. The largest absolute Gasteiger partial charge is 0.297 e. The number of nitrogens with zero attached hydrogens (tertiary/aromatic N) is 1. The van der Waals surface area contributed by atoms with Crippen molar-refractivity contribution in [3.8, 4) is 0 Å². The van der Waals surface area contributed by atoms with Gasteiger partial charge >= 0.3 is 0 Å². The van der Waals surface area contributed by atoms with Crippen molar-refractivity contribution in [1.29, 1.82) is 0 Å². The summed E-state index contributed by atoms with van der Waals surface area (Å²) in [5.41, 5.74) is 4.49. The molecule has 1 saturated heterocycles. The number of allylic oxidation sites excluding steroid dienone is 2. The van der Waals surface area contributed by atoms with Gasteiger partial charge < -0.3 is 0 Å². The van der Waals surface area contributed by atoms with E-state index in [0.717, 1.165) is 33.4 Å². The van der Waals surface area contributed by atoms with E-state index in [4.69, 9.17) is 11.6 Å². The third-order valence-electron chi connectivity index (χ3n) is 10.2. The molecule has 46 heavy (non-hydrogen) atoms. The van der Waals surface area contributed by atoms with Crippen LogP contribution < -0.4 is 4.90 Å². The Morgan fingerprint density at radius 3 is 1.30 bits per heavy atom. The molecule has 5 aromatic rings. The molecule has 8 rings (SSSR count). The highest BCUT2D eigenvalue weighted by molar-refractivity contribution is 6.39. The van der Waals surface area contributed by atoms with Gasteiger partial charge in [-0.25, -0.2) is 4.90 Å². The van der Waals surface area contributed by atoms with Crippen LogP contribution in [-0.2, 0) is 25.2 Å². The number of Topliss-reactive ketones (excluding diaryl/α,β-unsaturated/α-hetero) is 1. The first kappa shape index (κ1) is 28.4. The third kappa shape index (κ3) is 3.59. The minimum Gasteiger partial charge on any atom is -0.297 e. The molecular weight excluding hydrogens is 590 g/mol. The topological polar surface area (TPSA) is 54.5 Å². The number of imide groups is 1. The number of fused-ring (bicyclic) bond motifs is 5. The molecule has 0 spiro atoms. The molecule has 2 amide bonds. The van der Waals surface area contributed by atoms with Crippen molar-refractivity contribution < 1.29 is 14.4 Å². The number of carbonyl (C=O) groups excluding carboxylic acids is 3. The maximum absolute atomic E-state index is 15.9. The second kappa shape index (κ2) is 10.2. The van der Waals surface area contributed by atoms with Gasteiger partial charge in [-0.1, -0.05) is 132 Å². The molecule has 0 unspecified atom stereocenters. The zero-order chi connectivity index (χ0) is 31.8. The first-order valence-electron chi connectivity index (χ1n) is 15.5. The quantitative estimate of drug-likeness (QED) is 0.187. The van der Waals surface area contributed by atoms with Crippen molar-refractivity contribution in [2.45, 2.75) is 24.7 Å². The Balaban J connectivity index is 1.55. The van der Waals surface area contributed by atoms with Crippen molar-refractivity contribution in [2.75, 3.05) is 4.90 Å². The summed E-state index contributed by atoms with van der Waals surface area (Å²) < 4.78 is 0. The normalized spacial score (nSPS) is 25.0. The average Bonchev–Trinajstić information content (AvgIpc) is 3.59. The van der Waals surface area contributed by atoms with Gasteiger partial charge in [0.1, 0.15) is 0 Å². The van der Waals surface area contributed by atoms with Crippen LogP contribution in [0.15, 0.2) is 133 Å². The van der Waals surface area contributed by atoms with Crippen LogP contribution in [0.5, 0.6) is 0 Å². The molecule has 1 saturated carbocycles. The van der Waals surface area contributed by atoms with Crippen LogP contribution in [0, 0.1) is 25.7 Å². The van der Waals surface area contributed by atoms with Crippen molar-refractivity contribution in [3.63, 3.8) is 0 Å². The van der Waals surface area contributed by atoms with E-state index in [9.17, 15) is 9.59 Å². The molecule has 5 heteroatoms. The van der Waals surface area contributed by atoms with Crippen LogP contribution in [0.2, 0.25) is 5.02 Å². The van der Waals surface area contributed by atoms with Crippen molar-refractivity contribution in [2.24, 2.45) is 11.8 Å². The summed E-state index contributed by atoms with van der Waals surface area (Å²) in [7, 11) is 0. The average molecular weight is 620 g/mol. The number of halogens is 1. The number of hydrogen-bond donors (Lipinski definition) is 0.